The average molecular weight is 346 g/mol. The normalized spacial score (nSPS) is 10.5. The van der Waals surface area contributed by atoms with Gasteiger partial charge in [-0.15, -0.1) is 0 Å². The minimum absolute atomic E-state index is 0.132. The van der Waals surface area contributed by atoms with Crippen LogP contribution in [0.4, 0.5) is 0 Å². The molecule has 0 radical (unpaired) electrons. The van der Waals surface area contributed by atoms with Crippen LogP contribution in [0.3, 0.4) is 0 Å². The average Bonchev–Trinajstić information content (AvgIpc) is 2.41. The molecule has 7 heteroatoms. The number of carbonyl (C=O) groups excluding carboxylic acids is 1. The fraction of sp³-hybridized carbons (Fsp3) is 0.462. The number of aliphatic hydroxyl groups excluding tert-OH is 1. The lowest BCUT2D eigenvalue weighted by Gasteiger charge is -2.12. The lowest BCUT2D eigenvalue weighted by atomic mass is 10.2. The van der Waals surface area contributed by atoms with Crippen LogP contribution in [0.1, 0.15) is 5.56 Å². The highest BCUT2D eigenvalue weighted by atomic mass is 79.9. The van der Waals surface area contributed by atoms with Gasteiger partial charge >= 0.3 is 0 Å². The Balaban J connectivity index is 2.45. The van der Waals surface area contributed by atoms with E-state index in [0.717, 1.165) is 23.1 Å². The highest BCUT2D eigenvalue weighted by Gasteiger charge is 2.06. The highest BCUT2D eigenvalue weighted by molar-refractivity contribution is 9.10. The molecule has 0 aliphatic heterocycles. The number of ether oxygens (including phenoxy) is 1. The van der Waals surface area contributed by atoms with Gasteiger partial charge in [0.15, 0.2) is 6.61 Å². The predicted molar refractivity (Wildman–Crippen MR) is 80.5 cm³/mol. The number of benzene rings is 1. The second kappa shape index (κ2) is 9.71. The molecular formula is C13H20BrN3O3. The number of aliphatic hydroxyl groups is 1. The molecule has 0 saturated carbocycles. The molecule has 1 rings (SSSR count). The Bertz CT molecular complexity index is 429. The number of nitrogens with two attached hydrogens (primary N) is 1. The molecule has 112 valence electrons. The van der Waals surface area contributed by atoms with Gasteiger partial charge in [0.05, 0.1) is 6.61 Å². The molecule has 20 heavy (non-hydrogen) atoms. The molecule has 6 nitrogen and oxygen atoms in total. The van der Waals surface area contributed by atoms with E-state index >= 15 is 0 Å². The summed E-state index contributed by atoms with van der Waals surface area (Å²) >= 11 is 3.40. The number of nitrogens with one attached hydrogen (secondary N) is 2. The molecule has 5 N–H and O–H groups in total. The molecule has 0 atom stereocenters. The van der Waals surface area contributed by atoms with Gasteiger partial charge in [-0.05, 0) is 18.2 Å². The van der Waals surface area contributed by atoms with Crippen molar-refractivity contribution in [2.24, 2.45) is 5.73 Å². The van der Waals surface area contributed by atoms with Gasteiger partial charge in [0.2, 0.25) is 0 Å². The molecular weight excluding hydrogens is 326 g/mol. The van der Waals surface area contributed by atoms with Gasteiger partial charge in [-0.1, -0.05) is 15.9 Å². The van der Waals surface area contributed by atoms with Crippen molar-refractivity contribution < 1.29 is 14.6 Å². The molecule has 0 unspecified atom stereocenters. The van der Waals surface area contributed by atoms with Crippen molar-refractivity contribution in [1.82, 2.24) is 10.6 Å². The molecule has 0 spiro atoms. The van der Waals surface area contributed by atoms with E-state index in [0.29, 0.717) is 18.8 Å². The maximum Gasteiger partial charge on any atom is 0.255 e. The van der Waals surface area contributed by atoms with E-state index in [2.05, 4.69) is 26.6 Å². The Kier molecular flexibility index (Phi) is 8.20. The molecule has 1 amide bonds. The molecule has 0 bridgehead atoms. The summed E-state index contributed by atoms with van der Waals surface area (Å²) in [5.41, 5.74) is 6.02. The lowest BCUT2D eigenvalue weighted by molar-refractivity contribution is -0.119. The fourth-order valence-electron chi connectivity index (χ4n) is 1.58. The number of rotatable bonds is 10. The van der Waals surface area contributed by atoms with Gasteiger partial charge < -0.3 is 26.2 Å². The smallest absolute Gasteiger partial charge is 0.255 e. The molecule has 0 aliphatic carbocycles. The van der Waals surface area contributed by atoms with Crippen molar-refractivity contribution in [3.8, 4) is 5.75 Å². The monoisotopic (exact) mass is 345 g/mol. The standard InChI is InChI=1S/C13H20BrN3O3/c14-11-1-2-12(20-9-13(15)19)10(7-11)8-17-4-3-16-5-6-18/h1-2,7,16-18H,3-6,8-9H2,(H2,15,19). The Hall–Kier alpha value is -1.15. The first kappa shape index (κ1) is 16.9. The van der Waals surface area contributed by atoms with Crippen LogP contribution in [0.15, 0.2) is 22.7 Å². The summed E-state index contributed by atoms with van der Waals surface area (Å²) in [6.45, 7) is 2.75. The minimum Gasteiger partial charge on any atom is -0.483 e. The Morgan fingerprint density at radius 1 is 1.30 bits per heavy atom. The number of amides is 1. The van der Waals surface area contributed by atoms with E-state index in [9.17, 15) is 4.79 Å². The van der Waals surface area contributed by atoms with Gasteiger partial charge in [0, 0.05) is 36.2 Å². The molecule has 0 aliphatic rings. The first-order valence-electron chi connectivity index (χ1n) is 6.35. The van der Waals surface area contributed by atoms with Crippen LogP contribution < -0.4 is 21.1 Å². The summed E-state index contributed by atoms with van der Waals surface area (Å²) in [7, 11) is 0. The number of hydrogen-bond acceptors (Lipinski definition) is 5. The third-order valence-electron chi connectivity index (χ3n) is 2.48. The summed E-state index contributed by atoms with van der Waals surface area (Å²) in [4.78, 5) is 10.8. The van der Waals surface area contributed by atoms with Gasteiger partial charge in [-0.3, -0.25) is 4.79 Å². The number of primary amides is 1. The Morgan fingerprint density at radius 3 is 2.75 bits per heavy atom. The summed E-state index contributed by atoms with van der Waals surface area (Å²) in [6.07, 6.45) is 0. The largest absolute Gasteiger partial charge is 0.483 e. The summed E-state index contributed by atoms with van der Waals surface area (Å²) in [6, 6.07) is 5.58. The van der Waals surface area contributed by atoms with Crippen molar-refractivity contribution in [2.45, 2.75) is 6.54 Å². The third-order valence-corrected chi connectivity index (χ3v) is 2.97. The minimum atomic E-state index is -0.500. The zero-order valence-electron chi connectivity index (χ0n) is 11.2. The number of halogens is 1. The van der Waals surface area contributed by atoms with Crippen molar-refractivity contribution in [1.29, 1.82) is 0 Å². The zero-order valence-corrected chi connectivity index (χ0v) is 12.8. The zero-order chi connectivity index (χ0) is 14.8. The van der Waals surface area contributed by atoms with Gasteiger partial charge in [-0.2, -0.15) is 0 Å². The van der Waals surface area contributed by atoms with E-state index in [1.807, 2.05) is 12.1 Å². The topological polar surface area (TPSA) is 96.6 Å². The Morgan fingerprint density at radius 2 is 2.05 bits per heavy atom. The van der Waals surface area contributed by atoms with Crippen molar-refractivity contribution in [3.05, 3.63) is 28.2 Å². The number of hydrogen-bond donors (Lipinski definition) is 4. The second-order valence-electron chi connectivity index (χ2n) is 4.16. The fourth-order valence-corrected chi connectivity index (χ4v) is 1.99. The van der Waals surface area contributed by atoms with Crippen LogP contribution in [0.2, 0.25) is 0 Å². The Labute approximate surface area is 126 Å². The van der Waals surface area contributed by atoms with Crippen LogP contribution in [-0.4, -0.2) is 43.9 Å². The molecule has 0 aromatic heterocycles. The van der Waals surface area contributed by atoms with Crippen molar-refractivity contribution in [3.63, 3.8) is 0 Å². The quantitative estimate of drug-likeness (QED) is 0.447. The molecule has 1 aromatic rings. The highest BCUT2D eigenvalue weighted by Crippen LogP contribution is 2.23. The van der Waals surface area contributed by atoms with Crippen LogP contribution in [0.5, 0.6) is 5.75 Å². The third kappa shape index (κ3) is 6.85. The summed E-state index contributed by atoms with van der Waals surface area (Å²) in [5.74, 6) is 0.142. The molecule has 1 aromatic carbocycles. The second-order valence-corrected chi connectivity index (χ2v) is 5.07. The van der Waals surface area contributed by atoms with Crippen molar-refractivity contribution in [2.75, 3.05) is 32.8 Å². The lowest BCUT2D eigenvalue weighted by Crippen LogP contribution is -2.29. The maximum absolute atomic E-state index is 10.8. The van der Waals surface area contributed by atoms with E-state index in [4.69, 9.17) is 15.6 Å². The van der Waals surface area contributed by atoms with Crippen LogP contribution in [-0.2, 0) is 11.3 Å². The van der Waals surface area contributed by atoms with Crippen molar-refractivity contribution >= 4 is 21.8 Å². The molecule has 0 fully saturated rings. The first-order chi connectivity index (χ1) is 9.63. The van der Waals surface area contributed by atoms with Gasteiger partial charge in [-0.25, -0.2) is 0 Å². The summed E-state index contributed by atoms with van der Waals surface area (Å²) < 4.78 is 6.31. The number of carbonyl (C=O) groups is 1. The van der Waals surface area contributed by atoms with Crippen LogP contribution in [0, 0.1) is 0 Å². The van der Waals surface area contributed by atoms with E-state index in [1.165, 1.54) is 0 Å². The molecule has 0 saturated heterocycles. The van der Waals surface area contributed by atoms with Crippen LogP contribution >= 0.6 is 15.9 Å². The van der Waals surface area contributed by atoms with Gasteiger partial charge in [0.25, 0.3) is 5.91 Å². The summed E-state index contributed by atoms with van der Waals surface area (Å²) in [5, 5.41) is 15.0. The SMILES string of the molecule is NC(=O)COc1ccc(Br)cc1CNCCNCCO. The predicted octanol–water partition coefficient (Wildman–Crippen LogP) is -0.0153. The van der Waals surface area contributed by atoms with E-state index in [1.54, 1.807) is 6.07 Å². The first-order valence-corrected chi connectivity index (χ1v) is 7.14. The van der Waals surface area contributed by atoms with E-state index in [-0.39, 0.29) is 13.2 Å². The van der Waals surface area contributed by atoms with Gasteiger partial charge in [0.1, 0.15) is 5.75 Å². The molecule has 0 heterocycles. The van der Waals surface area contributed by atoms with E-state index < -0.39 is 5.91 Å². The maximum atomic E-state index is 10.8. The van der Waals surface area contributed by atoms with Crippen LogP contribution in [0.25, 0.3) is 0 Å².